The van der Waals surface area contributed by atoms with Crippen molar-refractivity contribution < 1.29 is 14.3 Å². The topological polar surface area (TPSA) is 47.6 Å². The molecule has 0 aliphatic carbocycles. The van der Waals surface area contributed by atoms with Crippen LogP contribution in [0.25, 0.3) is 0 Å². The zero-order valence-corrected chi connectivity index (χ0v) is 12.5. The number of rotatable bonds is 5. The van der Waals surface area contributed by atoms with Gasteiger partial charge in [0.05, 0.1) is 19.1 Å². The fourth-order valence-electron chi connectivity index (χ4n) is 1.91. The highest BCUT2D eigenvalue weighted by molar-refractivity contribution is 7.13. The minimum Gasteiger partial charge on any atom is -0.493 e. The molecule has 2 rings (SSSR count). The molecule has 1 aromatic heterocycles. The molecule has 0 spiro atoms. The van der Waals surface area contributed by atoms with Crippen LogP contribution in [0.5, 0.6) is 11.5 Å². The number of para-hydroxylation sites is 1. The minimum absolute atomic E-state index is 0.0760. The summed E-state index contributed by atoms with van der Waals surface area (Å²) < 4.78 is 10.6. The summed E-state index contributed by atoms with van der Waals surface area (Å²) in [5, 5.41) is 2.89. The molecule has 1 N–H and O–H groups in total. The van der Waals surface area contributed by atoms with Crippen molar-refractivity contribution in [1.82, 2.24) is 5.32 Å². The number of aryl methyl sites for hydroxylation is 1. The van der Waals surface area contributed by atoms with E-state index in [0.29, 0.717) is 22.9 Å². The van der Waals surface area contributed by atoms with E-state index in [0.717, 1.165) is 10.4 Å². The summed E-state index contributed by atoms with van der Waals surface area (Å²) in [6.07, 6.45) is 0. The molecule has 2 aromatic rings. The molecule has 1 amide bonds. The Kier molecular flexibility index (Phi) is 4.63. The summed E-state index contributed by atoms with van der Waals surface area (Å²) in [4.78, 5) is 13.8. The predicted octanol–water partition coefficient (Wildman–Crippen LogP) is 3.00. The standard InChI is InChI=1S/C15H17NO3S/c1-10-7-8-13(20-10)15(17)16-9-11-5-4-6-12(18-2)14(11)19-3/h4-8H,9H2,1-3H3,(H,16,17). The summed E-state index contributed by atoms with van der Waals surface area (Å²) in [5.74, 6) is 1.23. The van der Waals surface area contributed by atoms with Crippen LogP contribution in [0.15, 0.2) is 30.3 Å². The maximum Gasteiger partial charge on any atom is 0.261 e. The zero-order valence-electron chi connectivity index (χ0n) is 11.7. The van der Waals surface area contributed by atoms with Crippen molar-refractivity contribution in [3.63, 3.8) is 0 Å². The van der Waals surface area contributed by atoms with E-state index in [9.17, 15) is 4.79 Å². The number of carbonyl (C=O) groups is 1. The molecule has 20 heavy (non-hydrogen) atoms. The Hall–Kier alpha value is -2.01. The third-order valence-electron chi connectivity index (χ3n) is 2.89. The van der Waals surface area contributed by atoms with Gasteiger partial charge in [-0.05, 0) is 25.1 Å². The number of hydrogen-bond donors (Lipinski definition) is 1. The van der Waals surface area contributed by atoms with E-state index >= 15 is 0 Å². The lowest BCUT2D eigenvalue weighted by Gasteiger charge is -2.12. The molecule has 5 heteroatoms. The summed E-state index contributed by atoms with van der Waals surface area (Å²) in [6, 6.07) is 9.37. The van der Waals surface area contributed by atoms with E-state index in [1.54, 1.807) is 14.2 Å². The van der Waals surface area contributed by atoms with E-state index in [1.165, 1.54) is 11.3 Å². The summed E-state index contributed by atoms with van der Waals surface area (Å²) in [5.41, 5.74) is 0.883. The normalized spacial score (nSPS) is 10.2. The average Bonchev–Trinajstić information content (AvgIpc) is 2.90. The van der Waals surface area contributed by atoms with Crippen LogP contribution in [0, 0.1) is 6.92 Å². The first-order valence-corrected chi connectivity index (χ1v) is 7.02. The number of carbonyl (C=O) groups excluding carboxylic acids is 1. The average molecular weight is 291 g/mol. The van der Waals surface area contributed by atoms with Crippen LogP contribution in [0.3, 0.4) is 0 Å². The van der Waals surface area contributed by atoms with Crippen LogP contribution in [0.4, 0.5) is 0 Å². The molecular formula is C15H17NO3S. The molecule has 0 atom stereocenters. The summed E-state index contributed by atoms with van der Waals surface area (Å²) >= 11 is 1.48. The number of methoxy groups -OCH3 is 2. The lowest BCUT2D eigenvalue weighted by molar-refractivity contribution is 0.0954. The van der Waals surface area contributed by atoms with Gasteiger partial charge in [0.2, 0.25) is 0 Å². The monoisotopic (exact) mass is 291 g/mol. The maximum atomic E-state index is 12.0. The Morgan fingerprint density at radius 3 is 2.60 bits per heavy atom. The molecule has 1 heterocycles. The minimum atomic E-state index is -0.0760. The molecule has 0 unspecified atom stereocenters. The first-order chi connectivity index (χ1) is 9.65. The van der Waals surface area contributed by atoms with Crippen LogP contribution in [0.1, 0.15) is 20.1 Å². The van der Waals surface area contributed by atoms with Gasteiger partial charge in [0, 0.05) is 17.0 Å². The van der Waals surface area contributed by atoms with Crippen molar-refractivity contribution in [2.45, 2.75) is 13.5 Å². The highest BCUT2D eigenvalue weighted by atomic mass is 32.1. The van der Waals surface area contributed by atoms with Gasteiger partial charge >= 0.3 is 0 Å². The Morgan fingerprint density at radius 2 is 2.00 bits per heavy atom. The van der Waals surface area contributed by atoms with Gasteiger partial charge in [0.1, 0.15) is 0 Å². The van der Waals surface area contributed by atoms with Gasteiger partial charge in [0.15, 0.2) is 11.5 Å². The van der Waals surface area contributed by atoms with Gasteiger partial charge in [-0.2, -0.15) is 0 Å². The van der Waals surface area contributed by atoms with Crippen molar-refractivity contribution in [3.8, 4) is 11.5 Å². The second-order valence-electron chi connectivity index (χ2n) is 4.25. The molecule has 0 bridgehead atoms. The first kappa shape index (κ1) is 14.4. The maximum absolute atomic E-state index is 12.0. The predicted molar refractivity (Wildman–Crippen MR) is 79.8 cm³/mol. The van der Waals surface area contributed by atoms with Crippen molar-refractivity contribution in [3.05, 3.63) is 45.6 Å². The highest BCUT2D eigenvalue weighted by Crippen LogP contribution is 2.30. The number of thiophene rings is 1. The highest BCUT2D eigenvalue weighted by Gasteiger charge is 2.12. The van der Waals surface area contributed by atoms with Crippen LogP contribution in [-0.2, 0) is 6.54 Å². The molecule has 0 fully saturated rings. The lowest BCUT2D eigenvalue weighted by Crippen LogP contribution is -2.22. The summed E-state index contributed by atoms with van der Waals surface area (Å²) in [6.45, 7) is 2.38. The Bertz CT molecular complexity index is 607. The van der Waals surface area contributed by atoms with E-state index in [2.05, 4.69) is 5.32 Å². The van der Waals surface area contributed by atoms with Crippen molar-refractivity contribution in [2.75, 3.05) is 14.2 Å². The van der Waals surface area contributed by atoms with Gasteiger partial charge in [-0.15, -0.1) is 11.3 Å². The molecule has 0 aliphatic rings. The fourth-order valence-corrected chi connectivity index (χ4v) is 2.70. The van der Waals surface area contributed by atoms with Crippen LogP contribution in [-0.4, -0.2) is 20.1 Å². The van der Waals surface area contributed by atoms with Crippen LogP contribution >= 0.6 is 11.3 Å². The number of ether oxygens (including phenoxy) is 2. The molecular weight excluding hydrogens is 274 g/mol. The smallest absolute Gasteiger partial charge is 0.261 e. The Morgan fingerprint density at radius 1 is 1.20 bits per heavy atom. The van der Waals surface area contributed by atoms with Crippen molar-refractivity contribution in [2.24, 2.45) is 0 Å². The van der Waals surface area contributed by atoms with Crippen molar-refractivity contribution in [1.29, 1.82) is 0 Å². The van der Waals surface area contributed by atoms with E-state index in [1.807, 2.05) is 37.3 Å². The van der Waals surface area contributed by atoms with Gasteiger partial charge in [-0.3, -0.25) is 4.79 Å². The van der Waals surface area contributed by atoms with Gasteiger partial charge in [-0.25, -0.2) is 0 Å². The second-order valence-corrected chi connectivity index (χ2v) is 5.53. The molecule has 0 radical (unpaired) electrons. The van der Waals surface area contributed by atoms with Crippen LogP contribution in [0.2, 0.25) is 0 Å². The lowest BCUT2D eigenvalue weighted by atomic mass is 10.2. The second kappa shape index (κ2) is 6.43. The Labute approximate surface area is 122 Å². The largest absolute Gasteiger partial charge is 0.493 e. The van der Waals surface area contributed by atoms with E-state index in [-0.39, 0.29) is 5.91 Å². The number of amides is 1. The molecule has 4 nitrogen and oxygen atoms in total. The van der Waals surface area contributed by atoms with E-state index < -0.39 is 0 Å². The number of hydrogen-bond acceptors (Lipinski definition) is 4. The fraction of sp³-hybridized carbons (Fsp3) is 0.267. The molecule has 106 valence electrons. The Balaban J connectivity index is 2.09. The molecule has 1 aromatic carbocycles. The molecule has 0 aliphatic heterocycles. The SMILES string of the molecule is COc1cccc(CNC(=O)c2ccc(C)s2)c1OC. The first-order valence-electron chi connectivity index (χ1n) is 6.20. The summed E-state index contributed by atoms with van der Waals surface area (Å²) in [7, 11) is 3.18. The number of benzene rings is 1. The quantitative estimate of drug-likeness (QED) is 0.921. The third-order valence-corrected chi connectivity index (χ3v) is 3.89. The van der Waals surface area contributed by atoms with E-state index in [4.69, 9.17) is 9.47 Å². The van der Waals surface area contributed by atoms with Crippen LogP contribution < -0.4 is 14.8 Å². The third kappa shape index (κ3) is 3.11. The van der Waals surface area contributed by atoms with Gasteiger partial charge in [-0.1, -0.05) is 12.1 Å². The number of nitrogens with one attached hydrogen (secondary N) is 1. The van der Waals surface area contributed by atoms with Gasteiger partial charge < -0.3 is 14.8 Å². The zero-order chi connectivity index (χ0) is 14.5. The molecule has 0 saturated heterocycles. The molecule has 0 saturated carbocycles. The van der Waals surface area contributed by atoms with Gasteiger partial charge in [0.25, 0.3) is 5.91 Å². The van der Waals surface area contributed by atoms with Crippen molar-refractivity contribution >= 4 is 17.2 Å².